The van der Waals surface area contributed by atoms with Gasteiger partial charge in [-0.15, -0.1) is 0 Å². The smallest absolute Gasteiger partial charge is 0.290 e. The van der Waals surface area contributed by atoms with Crippen LogP contribution in [0.1, 0.15) is 62.2 Å². The van der Waals surface area contributed by atoms with Gasteiger partial charge in [-0.1, -0.05) is 30.6 Å². The molecule has 5 rings (SSSR count). The normalized spacial score (nSPS) is 26.6. The molecular weight excluding hydrogens is 437 g/mol. The van der Waals surface area contributed by atoms with E-state index in [9.17, 15) is 14.0 Å². The van der Waals surface area contributed by atoms with Gasteiger partial charge >= 0.3 is 0 Å². The molecule has 0 spiro atoms. The number of ether oxygens (including phenoxy) is 1. The Kier molecular flexibility index (Phi) is 6.16. The van der Waals surface area contributed by atoms with Crippen LogP contribution in [0, 0.1) is 11.7 Å². The molecule has 1 unspecified atom stereocenters. The summed E-state index contributed by atoms with van der Waals surface area (Å²) >= 11 is 5.67. The molecule has 9 heteroatoms. The first-order valence-corrected chi connectivity index (χ1v) is 11.3. The van der Waals surface area contributed by atoms with Gasteiger partial charge in [-0.2, -0.15) is 0 Å². The van der Waals surface area contributed by atoms with Crippen molar-refractivity contribution < 1.29 is 23.2 Å². The number of aromatic nitrogens is 1. The van der Waals surface area contributed by atoms with Gasteiger partial charge in [0.1, 0.15) is 11.6 Å². The summed E-state index contributed by atoms with van der Waals surface area (Å²) in [5.41, 5.74) is 0.109. The summed E-state index contributed by atoms with van der Waals surface area (Å²) in [5.74, 6) is -0.435. The molecule has 3 saturated carbocycles. The molecule has 2 N–H and O–H groups in total. The second kappa shape index (κ2) is 8.73. The van der Waals surface area contributed by atoms with Crippen LogP contribution in [0.25, 0.3) is 0 Å². The monoisotopic (exact) mass is 463 g/mol. The summed E-state index contributed by atoms with van der Waals surface area (Å²) in [5, 5.41) is 10.2. The van der Waals surface area contributed by atoms with E-state index >= 15 is 0 Å². The quantitative estimate of drug-likeness (QED) is 0.646. The highest BCUT2D eigenvalue weighted by molar-refractivity contribution is 6.30. The predicted octanol–water partition coefficient (Wildman–Crippen LogP) is 4.05. The van der Waals surface area contributed by atoms with Crippen LogP contribution >= 0.6 is 11.6 Å². The van der Waals surface area contributed by atoms with Crippen LogP contribution in [0.2, 0.25) is 5.02 Å². The van der Waals surface area contributed by atoms with Gasteiger partial charge in [0.2, 0.25) is 5.76 Å². The molecule has 172 valence electrons. The van der Waals surface area contributed by atoms with Crippen molar-refractivity contribution in [2.24, 2.45) is 5.92 Å². The molecule has 1 aromatic heterocycles. The molecule has 2 bridgehead atoms. The number of hydrogen-bond acceptors (Lipinski definition) is 5. The standard InChI is InChI=1S/C23H27ClFN3O4/c1-3-15-10-19(32-28-15)21(30)27-22-6-8-23(9-7-22,14(2)12-22)26-20(29)13-31-16-4-5-17(24)18(25)11-16/h4-5,10-11,14H,3,6-9,12-13H2,1-2H3,(H,26,29)(H,27,30). The van der Waals surface area contributed by atoms with E-state index in [2.05, 4.69) is 22.7 Å². The van der Waals surface area contributed by atoms with Crippen molar-refractivity contribution in [1.82, 2.24) is 15.8 Å². The Morgan fingerprint density at radius 3 is 2.62 bits per heavy atom. The molecule has 1 heterocycles. The minimum absolute atomic E-state index is 0.00335. The van der Waals surface area contributed by atoms with Gasteiger partial charge in [0.25, 0.3) is 11.8 Å². The number of rotatable bonds is 7. The van der Waals surface area contributed by atoms with Crippen molar-refractivity contribution in [3.63, 3.8) is 0 Å². The number of amides is 2. The molecule has 0 aliphatic heterocycles. The second-order valence-corrected chi connectivity index (χ2v) is 9.35. The number of fused-ring (bicyclic) bond motifs is 3. The fourth-order valence-corrected chi connectivity index (χ4v) is 5.11. The Bertz CT molecular complexity index is 1020. The Morgan fingerprint density at radius 1 is 1.25 bits per heavy atom. The molecule has 0 radical (unpaired) electrons. The lowest BCUT2D eigenvalue weighted by Crippen LogP contribution is -2.67. The first-order valence-electron chi connectivity index (χ1n) is 10.9. The van der Waals surface area contributed by atoms with Gasteiger partial charge in [-0.05, 0) is 56.6 Å². The zero-order valence-electron chi connectivity index (χ0n) is 18.2. The van der Waals surface area contributed by atoms with Crippen molar-refractivity contribution in [2.75, 3.05) is 6.61 Å². The maximum absolute atomic E-state index is 13.6. The Balaban J connectivity index is 1.34. The average molecular weight is 464 g/mol. The summed E-state index contributed by atoms with van der Waals surface area (Å²) < 4.78 is 24.2. The first kappa shape index (κ1) is 22.6. The van der Waals surface area contributed by atoms with E-state index in [0.717, 1.165) is 43.9 Å². The Hall–Kier alpha value is -2.61. The highest BCUT2D eigenvalue weighted by Crippen LogP contribution is 2.50. The SMILES string of the molecule is CCc1cc(C(=O)NC23CCC(NC(=O)COc4ccc(Cl)c(F)c4)(CC2)C(C)C3)on1. The molecule has 0 saturated heterocycles. The zero-order chi connectivity index (χ0) is 22.9. The van der Waals surface area contributed by atoms with Crippen molar-refractivity contribution in [3.8, 4) is 5.75 Å². The number of benzene rings is 1. The van der Waals surface area contributed by atoms with Crippen molar-refractivity contribution in [3.05, 3.63) is 46.6 Å². The molecule has 1 aromatic carbocycles. The highest BCUT2D eigenvalue weighted by Gasteiger charge is 2.54. The highest BCUT2D eigenvalue weighted by atomic mass is 35.5. The molecule has 2 aromatic rings. The largest absolute Gasteiger partial charge is 0.484 e. The Morgan fingerprint density at radius 2 is 2.00 bits per heavy atom. The lowest BCUT2D eigenvalue weighted by atomic mass is 9.56. The number of carbonyl (C=O) groups excluding carboxylic acids is 2. The minimum atomic E-state index is -0.592. The first-order chi connectivity index (χ1) is 15.2. The second-order valence-electron chi connectivity index (χ2n) is 8.94. The summed E-state index contributed by atoms with van der Waals surface area (Å²) in [6, 6.07) is 5.75. The number of halogens is 2. The van der Waals surface area contributed by atoms with Gasteiger partial charge in [0, 0.05) is 23.2 Å². The number of hydrogen-bond donors (Lipinski definition) is 2. The fraction of sp³-hybridized carbons (Fsp3) is 0.522. The number of aryl methyl sites for hydroxylation is 1. The summed E-state index contributed by atoms with van der Waals surface area (Å²) in [6.45, 7) is 3.84. The Labute approximate surface area is 191 Å². The summed E-state index contributed by atoms with van der Waals surface area (Å²) in [4.78, 5) is 25.3. The van der Waals surface area contributed by atoms with Crippen LogP contribution in [0.3, 0.4) is 0 Å². The van der Waals surface area contributed by atoms with E-state index in [1.807, 2.05) is 6.92 Å². The van der Waals surface area contributed by atoms with Gasteiger partial charge in [-0.25, -0.2) is 4.39 Å². The maximum atomic E-state index is 13.6. The molecule has 7 nitrogen and oxygen atoms in total. The van der Waals surface area contributed by atoms with Gasteiger partial charge < -0.3 is 19.9 Å². The van der Waals surface area contributed by atoms with Crippen LogP contribution in [0.15, 0.2) is 28.8 Å². The number of nitrogens with zero attached hydrogens (tertiary/aromatic N) is 1. The molecule has 1 atom stereocenters. The van der Waals surface area contributed by atoms with Crippen LogP contribution in [0.4, 0.5) is 4.39 Å². The average Bonchev–Trinajstić information content (AvgIpc) is 3.25. The van der Waals surface area contributed by atoms with Crippen molar-refractivity contribution in [2.45, 2.75) is 63.5 Å². The van der Waals surface area contributed by atoms with Crippen LogP contribution < -0.4 is 15.4 Å². The molecule has 32 heavy (non-hydrogen) atoms. The minimum Gasteiger partial charge on any atom is -0.484 e. The van der Waals surface area contributed by atoms with E-state index in [0.29, 0.717) is 6.42 Å². The van der Waals surface area contributed by atoms with Gasteiger partial charge in [-0.3, -0.25) is 9.59 Å². The molecule has 3 aliphatic carbocycles. The maximum Gasteiger partial charge on any atom is 0.290 e. The third-order valence-corrected chi connectivity index (χ3v) is 7.22. The zero-order valence-corrected chi connectivity index (χ0v) is 18.9. The molecule has 3 fully saturated rings. The van der Waals surface area contributed by atoms with Gasteiger partial charge in [0.15, 0.2) is 6.61 Å². The van der Waals surface area contributed by atoms with E-state index < -0.39 is 5.82 Å². The summed E-state index contributed by atoms with van der Waals surface area (Å²) in [6.07, 6.45) is 4.51. The van der Waals surface area contributed by atoms with Crippen molar-refractivity contribution >= 4 is 23.4 Å². The predicted molar refractivity (Wildman–Crippen MR) is 116 cm³/mol. The van der Waals surface area contributed by atoms with Crippen LogP contribution in [-0.2, 0) is 11.2 Å². The topological polar surface area (TPSA) is 93.5 Å². The lowest BCUT2D eigenvalue weighted by molar-refractivity contribution is -0.128. The van der Waals surface area contributed by atoms with Gasteiger partial charge in [0.05, 0.1) is 10.7 Å². The fourth-order valence-electron chi connectivity index (χ4n) is 4.99. The third-order valence-electron chi connectivity index (χ3n) is 6.91. The summed E-state index contributed by atoms with van der Waals surface area (Å²) in [7, 11) is 0. The number of carbonyl (C=O) groups is 2. The van der Waals surface area contributed by atoms with E-state index in [1.165, 1.54) is 12.1 Å². The van der Waals surface area contributed by atoms with E-state index in [-0.39, 0.29) is 51.9 Å². The van der Waals surface area contributed by atoms with Crippen LogP contribution in [0.5, 0.6) is 5.75 Å². The molecular formula is C23H27ClFN3O4. The lowest BCUT2D eigenvalue weighted by Gasteiger charge is -2.57. The molecule has 3 aliphatic rings. The van der Waals surface area contributed by atoms with E-state index in [4.69, 9.17) is 20.9 Å². The third kappa shape index (κ3) is 4.46. The molecule has 2 amide bonds. The van der Waals surface area contributed by atoms with Crippen molar-refractivity contribution in [1.29, 1.82) is 0 Å². The van der Waals surface area contributed by atoms with Crippen LogP contribution in [-0.4, -0.2) is 34.7 Å². The number of nitrogens with one attached hydrogen (secondary N) is 2. The van der Waals surface area contributed by atoms with E-state index in [1.54, 1.807) is 6.07 Å².